The van der Waals surface area contributed by atoms with Crippen molar-refractivity contribution in [3.8, 4) is 0 Å². The van der Waals surface area contributed by atoms with Gasteiger partial charge in [0.05, 0.1) is 0 Å². The SMILES string of the molecule is CN1C=CC=NC1SSc1ncccn1. The van der Waals surface area contributed by atoms with Crippen LogP contribution in [0.5, 0.6) is 0 Å². The summed E-state index contributed by atoms with van der Waals surface area (Å²) < 4.78 is 0. The molecule has 0 radical (unpaired) electrons. The molecule has 0 aliphatic carbocycles. The fourth-order valence-electron chi connectivity index (χ4n) is 0.984. The molecule has 0 aromatic carbocycles. The van der Waals surface area contributed by atoms with E-state index in [4.69, 9.17) is 0 Å². The lowest BCUT2D eigenvalue weighted by Gasteiger charge is -2.23. The van der Waals surface area contributed by atoms with Crippen molar-refractivity contribution in [2.45, 2.75) is 10.7 Å². The van der Waals surface area contributed by atoms with Crippen LogP contribution in [0.3, 0.4) is 0 Å². The minimum absolute atomic E-state index is 0.101. The first-order valence-electron chi connectivity index (χ1n) is 4.38. The summed E-state index contributed by atoms with van der Waals surface area (Å²) in [4.78, 5) is 14.6. The Labute approximate surface area is 96.3 Å². The standard InChI is InChI=1S/C9H10N4S2/c1-13-7-3-6-12-9(13)15-14-8-10-4-2-5-11-8/h2-7,9H,1H3. The Morgan fingerprint density at radius 3 is 2.87 bits per heavy atom. The van der Waals surface area contributed by atoms with Crippen LogP contribution < -0.4 is 0 Å². The van der Waals surface area contributed by atoms with Crippen molar-refractivity contribution in [1.82, 2.24) is 14.9 Å². The summed E-state index contributed by atoms with van der Waals surface area (Å²) in [7, 11) is 5.16. The molecular weight excluding hydrogens is 228 g/mol. The molecule has 2 heterocycles. The van der Waals surface area contributed by atoms with Crippen LogP contribution in [0.1, 0.15) is 0 Å². The molecule has 78 valence electrons. The summed E-state index contributed by atoms with van der Waals surface area (Å²) in [5.41, 5.74) is 0.101. The molecule has 0 bridgehead atoms. The Hall–Kier alpha value is -1.01. The smallest absolute Gasteiger partial charge is 0.198 e. The average Bonchev–Trinajstić information content (AvgIpc) is 2.29. The van der Waals surface area contributed by atoms with Gasteiger partial charge < -0.3 is 4.90 Å². The fraction of sp³-hybridized carbons (Fsp3) is 0.222. The van der Waals surface area contributed by atoms with Crippen LogP contribution in [0, 0.1) is 0 Å². The maximum atomic E-state index is 4.33. The van der Waals surface area contributed by atoms with Crippen LogP contribution in [-0.4, -0.2) is 33.6 Å². The minimum Gasteiger partial charge on any atom is -0.350 e. The molecule has 1 aliphatic heterocycles. The molecule has 0 N–H and O–H groups in total. The zero-order valence-electron chi connectivity index (χ0n) is 8.15. The zero-order chi connectivity index (χ0) is 10.5. The molecule has 0 saturated carbocycles. The summed E-state index contributed by atoms with van der Waals surface area (Å²) in [6, 6.07) is 1.81. The van der Waals surface area contributed by atoms with Gasteiger partial charge in [-0.1, -0.05) is 0 Å². The second-order valence-electron chi connectivity index (χ2n) is 2.84. The zero-order valence-corrected chi connectivity index (χ0v) is 9.78. The lowest BCUT2D eigenvalue weighted by molar-refractivity contribution is 0.437. The van der Waals surface area contributed by atoms with Gasteiger partial charge in [-0.3, -0.25) is 4.99 Å². The second-order valence-corrected chi connectivity index (χ2v) is 5.07. The van der Waals surface area contributed by atoms with E-state index in [0.29, 0.717) is 0 Å². The Morgan fingerprint density at radius 2 is 2.13 bits per heavy atom. The highest BCUT2D eigenvalue weighted by Crippen LogP contribution is 2.34. The molecule has 0 fully saturated rings. The van der Waals surface area contributed by atoms with Crippen molar-refractivity contribution in [2.75, 3.05) is 7.05 Å². The van der Waals surface area contributed by atoms with E-state index in [2.05, 4.69) is 15.0 Å². The van der Waals surface area contributed by atoms with Crippen molar-refractivity contribution in [1.29, 1.82) is 0 Å². The largest absolute Gasteiger partial charge is 0.350 e. The molecule has 6 heteroatoms. The summed E-state index contributed by atoms with van der Waals surface area (Å²) in [6.45, 7) is 0. The van der Waals surface area contributed by atoms with E-state index in [-0.39, 0.29) is 5.50 Å². The van der Waals surface area contributed by atoms with Gasteiger partial charge in [-0.2, -0.15) is 0 Å². The first-order chi connectivity index (χ1) is 7.36. The lowest BCUT2D eigenvalue weighted by atomic mass is 10.6. The van der Waals surface area contributed by atoms with Gasteiger partial charge in [0.25, 0.3) is 0 Å². The minimum atomic E-state index is 0.101. The molecule has 1 aromatic heterocycles. The van der Waals surface area contributed by atoms with Crippen molar-refractivity contribution >= 4 is 27.8 Å². The number of hydrogen-bond donors (Lipinski definition) is 0. The van der Waals surface area contributed by atoms with E-state index in [1.165, 1.54) is 10.8 Å². The Morgan fingerprint density at radius 1 is 1.33 bits per heavy atom. The van der Waals surface area contributed by atoms with Crippen LogP contribution >= 0.6 is 21.6 Å². The molecule has 1 atom stereocenters. The number of aromatic nitrogens is 2. The average molecular weight is 238 g/mol. The fourth-order valence-corrected chi connectivity index (χ4v) is 3.02. The molecule has 1 aliphatic rings. The molecule has 2 rings (SSSR count). The predicted molar refractivity (Wildman–Crippen MR) is 64.7 cm³/mol. The van der Waals surface area contributed by atoms with E-state index in [9.17, 15) is 0 Å². The normalized spacial score (nSPS) is 19.5. The summed E-state index contributed by atoms with van der Waals surface area (Å²) in [6.07, 6.45) is 9.20. The van der Waals surface area contributed by atoms with Crippen LogP contribution in [-0.2, 0) is 0 Å². The molecule has 0 spiro atoms. The van der Waals surface area contributed by atoms with E-state index in [1.54, 1.807) is 23.2 Å². The highest BCUT2D eigenvalue weighted by atomic mass is 33.1. The van der Waals surface area contributed by atoms with E-state index >= 15 is 0 Å². The van der Waals surface area contributed by atoms with Crippen molar-refractivity contribution < 1.29 is 0 Å². The van der Waals surface area contributed by atoms with E-state index in [1.807, 2.05) is 36.5 Å². The quantitative estimate of drug-likeness (QED) is 0.595. The number of aliphatic imine (C=N–C) groups is 1. The maximum absolute atomic E-state index is 4.33. The molecule has 0 amide bonds. The first-order valence-corrected chi connectivity index (χ1v) is 6.60. The molecule has 4 nitrogen and oxygen atoms in total. The Balaban J connectivity index is 1.89. The van der Waals surface area contributed by atoms with Gasteiger partial charge in [-0.05, 0) is 33.7 Å². The predicted octanol–water partition coefficient (Wildman–Crippen LogP) is 2.03. The van der Waals surface area contributed by atoms with E-state index in [0.717, 1.165) is 5.16 Å². The molecular formula is C9H10N4S2. The number of nitrogens with zero attached hydrogens (tertiary/aromatic N) is 4. The summed E-state index contributed by atoms with van der Waals surface area (Å²) in [5, 5.41) is 0.764. The highest BCUT2D eigenvalue weighted by molar-refractivity contribution is 8.76. The molecule has 1 aromatic rings. The highest BCUT2D eigenvalue weighted by Gasteiger charge is 2.13. The van der Waals surface area contributed by atoms with E-state index < -0.39 is 0 Å². The third-order valence-corrected chi connectivity index (χ3v) is 4.05. The number of hydrogen-bond acceptors (Lipinski definition) is 6. The van der Waals surface area contributed by atoms with Gasteiger partial charge in [0.1, 0.15) is 0 Å². The summed E-state index contributed by atoms with van der Waals surface area (Å²) >= 11 is 0. The van der Waals surface area contributed by atoms with Gasteiger partial charge in [-0.15, -0.1) is 0 Å². The first kappa shape index (κ1) is 10.5. The van der Waals surface area contributed by atoms with Crippen LogP contribution in [0.25, 0.3) is 0 Å². The van der Waals surface area contributed by atoms with Gasteiger partial charge in [-0.25, -0.2) is 9.97 Å². The van der Waals surface area contributed by atoms with Gasteiger partial charge in [0.2, 0.25) is 0 Å². The lowest BCUT2D eigenvalue weighted by Crippen LogP contribution is -2.23. The van der Waals surface area contributed by atoms with Crippen molar-refractivity contribution in [2.24, 2.45) is 4.99 Å². The van der Waals surface area contributed by atoms with Crippen LogP contribution in [0.15, 0.2) is 40.9 Å². The second kappa shape index (κ2) is 5.18. The topological polar surface area (TPSA) is 41.4 Å². The molecule has 0 saturated heterocycles. The van der Waals surface area contributed by atoms with Gasteiger partial charge >= 0.3 is 0 Å². The van der Waals surface area contributed by atoms with Gasteiger partial charge in [0.15, 0.2) is 10.7 Å². The van der Waals surface area contributed by atoms with Crippen LogP contribution in [0.4, 0.5) is 0 Å². The molecule has 1 unspecified atom stereocenters. The molecule has 15 heavy (non-hydrogen) atoms. The van der Waals surface area contributed by atoms with Gasteiger partial charge in [0, 0.05) is 31.9 Å². The Kier molecular flexibility index (Phi) is 3.63. The number of allylic oxidation sites excluding steroid dienone is 1. The summed E-state index contributed by atoms with van der Waals surface area (Å²) in [5.74, 6) is 0. The monoisotopic (exact) mass is 238 g/mol. The van der Waals surface area contributed by atoms with Crippen molar-refractivity contribution in [3.63, 3.8) is 0 Å². The third-order valence-electron chi connectivity index (χ3n) is 1.72. The maximum Gasteiger partial charge on any atom is 0.198 e. The number of rotatable bonds is 3. The third kappa shape index (κ3) is 2.97. The van der Waals surface area contributed by atoms with Crippen LogP contribution in [0.2, 0.25) is 0 Å². The Bertz CT molecular complexity index is 366. The van der Waals surface area contributed by atoms with Crippen molar-refractivity contribution in [3.05, 3.63) is 30.7 Å².